The molecule has 2 nitrogen and oxygen atoms in total. The summed E-state index contributed by atoms with van der Waals surface area (Å²) in [6.07, 6.45) is 9.57. The molecule has 0 heterocycles. The van der Waals surface area contributed by atoms with E-state index in [9.17, 15) is 0 Å². The number of hydrogen-bond donors (Lipinski definition) is 0. The Hall–Kier alpha value is -0.383. The van der Waals surface area contributed by atoms with Crippen LogP contribution in [0.2, 0.25) is 0 Å². The van der Waals surface area contributed by atoms with E-state index in [1.807, 2.05) is 6.08 Å². The van der Waals surface area contributed by atoms with Gasteiger partial charge in [-0.2, -0.15) is 0 Å². The lowest BCUT2D eigenvalue weighted by Crippen LogP contribution is -2.01. The fourth-order valence-electron chi connectivity index (χ4n) is 0.860. The molecule has 0 bridgehead atoms. The summed E-state index contributed by atoms with van der Waals surface area (Å²) in [6.45, 7) is 5.82. The van der Waals surface area contributed by atoms with Gasteiger partial charge in [-0.15, -0.1) is 6.58 Å². The van der Waals surface area contributed by atoms with Crippen molar-refractivity contribution < 1.29 is 9.16 Å². The van der Waals surface area contributed by atoms with E-state index in [0.29, 0.717) is 13.2 Å². The maximum atomic E-state index is 5.27. The summed E-state index contributed by atoms with van der Waals surface area (Å²) in [5.41, 5.74) is 0. The Kier molecular flexibility index (Phi) is 11.3. The fourth-order valence-corrected chi connectivity index (χ4v) is 1.03. The van der Waals surface area contributed by atoms with Crippen LogP contribution in [0.1, 0.15) is 19.3 Å². The van der Waals surface area contributed by atoms with Crippen molar-refractivity contribution in [3.63, 3.8) is 0 Å². The van der Waals surface area contributed by atoms with Crippen LogP contribution in [0.5, 0.6) is 0 Å². The summed E-state index contributed by atoms with van der Waals surface area (Å²) < 4.78 is 10.3. The summed E-state index contributed by atoms with van der Waals surface area (Å²) in [6, 6.07) is 0. The Labute approximate surface area is 84.2 Å². The minimum Gasteiger partial charge on any atom is -0.426 e. The number of hydrogen-bond acceptors (Lipinski definition) is 2. The molecule has 0 rings (SSSR count). The van der Waals surface area contributed by atoms with Gasteiger partial charge in [0.25, 0.3) is 0 Å². The van der Waals surface area contributed by atoms with E-state index in [2.05, 4.69) is 18.7 Å². The van der Waals surface area contributed by atoms with Crippen LogP contribution in [0.15, 0.2) is 24.8 Å². The Bertz CT molecular complexity index is 135. The smallest absolute Gasteiger partial charge is 0.146 e. The predicted molar refractivity (Wildman–Crippen MR) is 59.9 cm³/mol. The molecule has 13 heavy (non-hydrogen) atoms. The van der Waals surface area contributed by atoms with Crippen LogP contribution in [0.25, 0.3) is 0 Å². The van der Waals surface area contributed by atoms with Crippen molar-refractivity contribution in [2.45, 2.75) is 19.3 Å². The second kappa shape index (κ2) is 11.6. The lowest BCUT2D eigenvalue weighted by atomic mass is 10.2. The van der Waals surface area contributed by atoms with E-state index in [-0.39, 0.29) is 0 Å². The van der Waals surface area contributed by atoms with Gasteiger partial charge in [-0.1, -0.05) is 18.2 Å². The molecule has 0 unspecified atom stereocenters. The SMILES string of the molecule is C=CCCCC=CCOCCO[SiH3]. The molecule has 0 aliphatic heterocycles. The van der Waals surface area contributed by atoms with Gasteiger partial charge in [0.2, 0.25) is 0 Å². The van der Waals surface area contributed by atoms with Crippen molar-refractivity contribution in [2.24, 2.45) is 0 Å². The van der Waals surface area contributed by atoms with Crippen LogP contribution in [0.3, 0.4) is 0 Å². The van der Waals surface area contributed by atoms with E-state index in [0.717, 1.165) is 29.9 Å². The van der Waals surface area contributed by atoms with E-state index in [1.54, 1.807) is 0 Å². The van der Waals surface area contributed by atoms with Crippen molar-refractivity contribution in [3.8, 4) is 0 Å². The molecule has 0 atom stereocenters. The zero-order valence-corrected chi connectivity index (χ0v) is 10.5. The topological polar surface area (TPSA) is 18.5 Å². The quantitative estimate of drug-likeness (QED) is 0.316. The number of unbranched alkanes of at least 4 members (excludes halogenated alkanes) is 2. The van der Waals surface area contributed by atoms with Crippen molar-refractivity contribution in [1.29, 1.82) is 0 Å². The van der Waals surface area contributed by atoms with Crippen molar-refractivity contribution >= 4 is 10.5 Å². The maximum Gasteiger partial charge on any atom is 0.146 e. The van der Waals surface area contributed by atoms with Gasteiger partial charge in [0.05, 0.1) is 19.8 Å². The molecule has 0 aromatic rings. The highest BCUT2D eigenvalue weighted by Gasteiger charge is 1.82. The first-order chi connectivity index (χ1) is 6.41. The Balaban J connectivity index is 2.98. The van der Waals surface area contributed by atoms with Crippen molar-refractivity contribution in [1.82, 2.24) is 0 Å². The summed E-state index contributed by atoms with van der Waals surface area (Å²) in [5, 5.41) is 0. The predicted octanol–water partition coefficient (Wildman–Crippen LogP) is 1.21. The Morgan fingerprint density at radius 3 is 2.69 bits per heavy atom. The van der Waals surface area contributed by atoms with Crippen LogP contribution >= 0.6 is 0 Å². The highest BCUT2D eigenvalue weighted by Crippen LogP contribution is 1.96. The van der Waals surface area contributed by atoms with E-state index >= 15 is 0 Å². The third-order valence-electron chi connectivity index (χ3n) is 1.59. The fraction of sp³-hybridized carbons (Fsp3) is 0.600. The first-order valence-electron chi connectivity index (χ1n) is 4.74. The average Bonchev–Trinajstić information content (AvgIpc) is 2.16. The molecular formula is C10H20O2Si. The zero-order chi connectivity index (χ0) is 9.78. The second-order valence-corrected chi connectivity index (χ2v) is 3.34. The molecule has 0 saturated heterocycles. The lowest BCUT2D eigenvalue weighted by molar-refractivity contribution is 0.125. The maximum absolute atomic E-state index is 5.27. The molecule has 0 saturated carbocycles. The molecule has 3 heteroatoms. The zero-order valence-electron chi connectivity index (χ0n) is 8.50. The minimum absolute atomic E-state index is 0.707. The largest absolute Gasteiger partial charge is 0.426 e. The number of rotatable bonds is 9. The van der Waals surface area contributed by atoms with Gasteiger partial charge in [0.15, 0.2) is 0 Å². The Morgan fingerprint density at radius 1 is 1.15 bits per heavy atom. The minimum atomic E-state index is 0.707. The van der Waals surface area contributed by atoms with Gasteiger partial charge < -0.3 is 9.16 Å². The molecule has 0 amide bonds. The molecule has 0 aromatic heterocycles. The van der Waals surface area contributed by atoms with Gasteiger partial charge in [0, 0.05) is 0 Å². The van der Waals surface area contributed by atoms with Gasteiger partial charge in [0.1, 0.15) is 10.5 Å². The van der Waals surface area contributed by atoms with Crippen LogP contribution in [-0.2, 0) is 9.16 Å². The monoisotopic (exact) mass is 200 g/mol. The molecule has 76 valence electrons. The van der Waals surface area contributed by atoms with Crippen molar-refractivity contribution in [3.05, 3.63) is 24.8 Å². The third-order valence-corrected chi connectivity index (χ3v) is 2.00. The van der Waals surface area contributed by atoms with Crippen LogP contribution in [0, 0.1) is 0 Å². The van der Waals surface area contributed by atoms with E-state index < -0.39 is 0 Å². The van der Waals surface area contributed by atoms with Crippen LogP contribution in [-0.4, -0.2) is 30.3 Å². The molecule has 0 fully saturated rings. The van der Waals surface area contributed by atoms with Crippen LogP contribution in [0.4, 0.5) is 0 Å². The van der Waals surface area contributed by atoms with Crippen LogP contribution < -0.4 is 0 Å². The second-order valence-electron chi connectivity index (χ2n) is 2.76. The summed E-state index contributed by atoms with van der Waals surface area (Å²) in [4.78, 5) is 0. The summed E-state index contributed by atoms with van der Waals surface area (Å²) >= 11 is 0. The highest BCUT2D eigenvalue weighted by molar-refractivity contribution is 5.97. The summed E-state index contributed by atoms with van der Waals surface area (Å²) in [5.74, 6) is 0. The van der Waals surface area contributed by atoms with Crippen molar-refractivity contribution in [2.75, 3.05) is 19.8 Å². The summed E-state index contributed by atoms with van der Waals surface area (Å²) in [7, 11) is 0.802. The average molecular weight is 200 g/mol. The molecule has 0 spiro atoms. The van der Waals surface area contributed by atoms with E-state index in [1.165, 1.54) is 6.42 Å². The highest BCUT2D eigenvalue weighted by atomic mass is 28.2. The van der Waals surface area contributed by atoms with E-state index in [4.69, 9.17) is 9.16 Å². The molecule has 0 N–H and O–H groups in total. The van der Waals surface area contributed by atoms with Gasteiger partial charge in [-0.3, -0.25) is 0 Å². The third kappa shape index (κ3) is 11.6. The normalized spacial score (nSPS) is 11.1. The first kappa shape index (κ1) is 12.6. The number of ether oxygens (including phenoxy) is 1. The number of allylic oxidation sites excluding steroid dienone is 2. The first-order valence-corrected chi connectivity index (χ1v) is 5.56. The molecule has 0 aliphatic carbocycles. The molecule has 0 aromatic carbocycles. The molecular weight excluding hydrogens is 180 g/mol. The van der Waals surface area contributed by atoms with Gasteiger partial charge >= 0.3 is 0 Å². The molecule has 0 radical (unpaired) electrons. The molecule has 0 aliphatic rings. The van der Waals surface area contributed by atoms with Gasteiger partial charge in [-0.25, -0.2) is 0 Å². The lowest BCUT2D eigenvalue weighted by Gasteiger charge is -1.98. The Morgan fingerprint density at radius 2 is 2.00 bits per heavy atom. The van der Waals surface area contributed by atoms with Gasteiger partial charge in [-0.05, 0) is 19.3 Å². The standard InChI is InChI=1S/C10H20O2Si/c1-2-3-4-5-6-7-8-11-9-10-12-13/h2,6-7H,1,3-5,8-10H2,13H3.